The number of methoxy groups -OCH3 is 2. The van der Waals surface area contributed by atoms with Gasteiger partial charge in [-0.3, -0.25) is 0 Å². The van der Waals surface area contributed by atoms with Gasteiger partial charge in [0.2, 0.25) is 0 Å². The van der Waals surface area contributed by atoms with E-state index in [2.05, 4.69) is 5.11 Å². The van der Waals surface area contributed by atoms with Gasteiger partial charge in [-0.2, -0.15) is 0 Å². The summed E-state index contributed by atoms with van der Waals surface area (Å²) in [6.45, 7) is 0. The molecule has 0 unspecified atom stereocenters. The topological polar surface area (TPSA) is 56.9 Å². The summed E-state index contributed by atoms with van der Waals surface area (Å²) in [7, 11) is 3.04. The summed E-state index contributed by atoms with van der Waals surface area (Å²) >= 11 is 0. The van der Waals surface area contributed by atoms with Gasteiger partial charge in [0.1, 0.15) is 0 Å². The Balaban J connectivity index is 2.43. The minimum atomic E-state index is 0.343. The van der Waals surface area contributed by atoms with E-state index in [4.69, 9.17) is 9.47 Å². The maximum atomic E-state index is 12.1. The van der Waals surface area contributed by atoms with Gasteiger partial charge in [-0.1, -0.05) is 24.3 Å². The summed E-state index contributed by atoms with van der Waals surface area (Å²) < 4.78 is 10.3. The van der Waals surface area contributed by atoms with E-state index >= 15 is 0 Å². The van der Waals surface area contributed by atoms with Gasteiger partial charge in [-0.25, -0.2) is 0 Å². The number of hydrogen-bond acceptors (Lipinski definition) is 4. The first kappa shape index (κ1) is 12.9. The molecule has 0 atom stereocenters. The second-order valence-corrected chi connectivity index (χ2v) is 3.72. The van der Waals surface area contributed by atoms with Crippen LogP contribution in [-0.4, -0.2) is 19.1 Å². The summed E-state index contributed by atoms with van der Waals surface area (Å²) in [5.74, 6) is 1.01. The average Bonchev–Trinajstić information content (AvgIpc) is 2.47. The van der Waals surface area contributed by atoms with Crippen LogP contribution in [0.25, 0.3) is 0 Å². The fraction of sp³-hybridized carbons (Fsp3) is 0.143. The summed E-state index contributed by atoms with van der Waals surface area (Å²) in [4.78, 5) is 0.524. The van der Waals surface area contributed by atoms with Crippen LogP contribution >= 0.6 is 0 Å². The Morgan fingerprint density at radius 2 is 1.47 bits per heavy atom. The van der Waals surface area contributed by atoms with Gasteiger partial charge in [0.25, 0.3) is 5.69 Å². The lowest BCUT2D eigenvalue weighted by Gasteiger charge is -2.06. The van der Waals surface area contributed by atoms with Crippen molar-refractivity contribution in [1.29, 1.82) is 0 Å². The fourth-order valence-corrected chi connectivity index (χ4v) is 1.65. The molecule has 0 bridgehead atoms. The lowest BCUT2D eigenvalue weighted by molar-refractivity contribution is -0.436. The predicted octanol–water partition coefficient (Wildman–Crippen LogP) is 3.63. The van der Waals surface area contributed by atoms with E-state index in [0.717, 1.165) is 0 Å². The molecule has 0 fully saturated rings. The lowest BCUT2D eigenvalue weighted by Crippen LogP contribution is -1.95. The maximum Gasteiger partial charge on any atom is 0.286 e. The third-order valence-electron chi connectivity index (χ3n) is 2.57. The molecule has 98 valence electrons. The van der Waals surface area contributed by atoms with Gasteiger partial charge in [0, 0.05) is 11.2 Å². The van der Waals surface area contributed by atoms with Crippen molar-refractivity contribution < 1.29 is 14.3 Å². The maximum absolute atomic E-state index is 12.1. The highest BCUT2D eigenvalue weighted by molar-refractivity contribution is 5.51. The third kappa shape index (κ3) is 2.82. The Kier molecular flexibility index (Phi) is 3.97. The van der Waals surface area contributed by atoms with Gasteiger partial charge in [0.05, 0.1) is 14.2 Å². The van der Waals surface area contributed by atoms with Gasteiger partial charge in [0.15, 0.2) is 17.2 Å². The molecule has 0 aliphatic carbocycles. The van der Waals surface area contributed by atoms with E-state index in [-0.39, 0.29) is 0 Å². The quantitative estimate of drug-likeness (QED) is 0.478. The largest absolute Gasteiger partial charge is 0.594 e. The molecule has 0 spiro atoms. The highest BCUT2D eigenvalue weighted by atomic mass is 16.5. The summed E-state index contributed by atoms with van der Waals surface area (Å²) in [5, 5.41) is 16.1. The molecule has 5 nitrogen and oxygen atoms in total. The standard InChI is InChI=1S/C14H14N2O3/c1-18-13-9-5-3-7-11(13)15-16(17)12-8-4-6-10-14(12)19-2/h3-10H,1-2H3. The third-order valence-corrected chi connectivity index (χ3v) is 2.57. The zero-order valence-electron chi connectivity index (χ0n) is 10.7. The van der Waals surface area contributed by atoms with Gasteiger partial charge < -0.3 is 14.7 Å². The summed E-state index contributed by atoms with van der Waals surface area (Å²) in [5.41, 5.74) is 0.807. The van der Waals surface area contributed by atoms with Crippen molar-refractivity contribution in [3.05, 3.63) is 53.7 Å². The van der Waals surface area contributed by atoms with E-state index in [0.29, 0.717) is 27.7 Å². The van der Waals surface area contributed by atoms with Crippen molar-refractivity contribution in [2.24, 2.45) is 5.11 Å². The molecule has 0 aromatic heterocycles. The Hall–Kier alpha value is -2.56. The molecule has 2 aromatic rings. The van der Waals surface area contributed by atoms with Crippen LogP contribution in [0.3, 0.4) is 0 Å². The number of para-hydroxylation sites is 3. The number of benzene rings is 2. The van der Waals surface area contributed by atoms with Crippen LogP contribution in [0.2, 0.25) is 0 Å². The summed E-state index contributed by atoms with van der Waals surface area (Å²) in [6, 6.07) is 13.9. The van der Waals surface area contributed by atoms with Crippen molar-refractivity contribution in [3.8, 4) is 11.5 Å². The van der Waals surface area contributed by atoms with Crippen LogP contribution in [0.15, 0.2) is 53.6 Å². The molecule has 5 heteroatoms. The van der Waals surface area contributed by atoms with E-state index in [1.54, 1.807) is 42.5 Å². The second kappa shape index (κ2) is 5.86. The molecule has 19 heavy (non-hydrogen) atoms. The Morgan fingerprint density at radius 1 is 0.895 bits per heavy atom. The van der Waals surface area contributed by atoms with Gasteiger partial charge in [-0.15, -0.1) is 0 Å². The minimum absolute atomic E-state index is 0.343. The monoisotopic (exact) mass is 258 g/mol. The Labute approximate surface area is 111 Å². The SMILES string of the molecule is COc1ccccc1N=[N+]([O-])c1ccccc1OC. The van der Waals surface area contributed by atoms with Gasteiger partial charge >= 0.3 is 0 Å². The normalized spacial score (nSPS) is 11.2. The van der Waals surface area contributed by atoms with Gasteiger partial charge in [-0.05, 0) is 23.1 Å². The molecule has 0 radical (unpaired) electrons. The molecule has 0 heterocycles. The van der Waals surface area contributed by atoms with E-state index < -0.39 is 0 Å². The van der Waals surface area contributed by atoms with Crippen LogP contribution in [0.4, 0.5) is 11.4 Å². The molecule has 0 saturated carbocycles. The Bertz CT molecular complexity index is 597. The zero-order chi connectivity index (χ0) is 13.7. The molecular formula is C14H14N2O3. The summed E-state index contributed by atoms with van der Waals surface area (Å²) in [6.07, 6.45) is 0. The molecule has 2 aromatic carbocycles. The van der Waals surface area contributed by atoms with Crippen molar-refractivity contribution >= 4 is 11.4 Å². The lowest BCUT2D eigenvalue weighted by atomic mass is 10.3. The van der Waals surface area contributed by atoms with Crippen molar-refractivity contribution in [2.45, 2.75) is 0 Å². The predicted molar refractivity (Wildman–Crippen MR) is 71.4 cm³/mol. The van der Waals surface area contributed by atoms with E-state index in [1.807, 2.05) is 6.07 Å². The highest BCUT2D eigenvalue weighted by Crippen LogP contribution is 2.31. The number of azo groups is 1. The molecule has 2 rings (SSSR count). The van der Waals surface area contributed by atoms with Crippen molar-refractivity contribution in [1.82, 2.24) is 0 Å². The molecular weight excluding hydrogens is 244 g/mol. The van der Waals surface area contributed by atoms with Crippen LogP contribution in [0, 0.1) is 5.21 Å². The second-order valence-electron chi connectivity index (χ2n) is 3.72. The first-order chi connectivity index (χ1) is 9.26. The van der Waals surface area contributed by atoms with Crippen LogP contribution < -0.4 is 9.47 Å². The molecule has 0 saturated heterocycles. The minimum Gasteiger partial charge on any atom is -0.594 e. The molecule has 0 amide bonds. The first-order valence-electron chi connectivity index (χ1n) is 5.71. The zero-order valence-corrected chi connectivity index (χ0v) is 10.7. The smallest absolute Gasteiger partial charge is 0.286 e. The van der Waals surface area contributed by atoms with Crippen molar-refractivity contribution in [3.63, 3.8) is 0 Å². The van der Waals surface area contributed by atoms with Crippen LogP contribution in [-0.2, 0) is 0 Å². The van der Waals surface area contributed by atoms with Crippen LogP contribution in [0.5, 0.6) is 11.5 Å². The fourth-order valence-electron chi connectivity index (χ4n) is 1.65. The number of ether oxygens (including phenoxy) is 2. The highest BCUT2D eigenvalue weighted by Gasteiger charge is 2.12. The van der Waals surface area contributed by atoms with Crippen LogP contribution in [0.1, 0.15) is 0 Å². The van der Waals surface area contributed by atoms with Crippen molar-refractivity contribution in [2.75, 3.05) is 14.2 Å². The number of nitrogens with zero attached hydrogens (tertiary/aromatic N) is 2. The van der Waals surface area contributed by atoms with E-state index in [1.165, 1.54) is 14.2 Å². The average molecular weight is 258 g/mol. The Morgan fingerprint density at radius 3 is 2.16 bits per heavy atom. The number of rotatable bonds is 4. The molecule has 0 aliphatic heterocycles. The number of hydrogen-bond donors (Lipinski definition) is 0. The first-order valence-corrected chi connectivity index (χ1v) is 5.71. The van der Waals surface area contributed by atoms with E-state index in [9.17, 15) is 5.21 Å². The molecule has 0 aliphatic rings. The molecule has 0 N–H and O–H groups in total.